The van der Waals surface area contributed by atoms with E-state index >= 15 is 4.39 Å². The zero-order valence-corrected chi connectivity index (χ0v) is 16.0. The Morgan fingerprint density at radius 1 is 1.25 bits per heavy atom. The summed E-state index contributed by atoms with van der Waals surface area (Å²) in [7, 11) is 1.84. The Balaban J connectivity index is 1.95. The maximum atomic E-state index is 15.0. The number of hydrogen-bond donors (Lipinski definition) is 1. The second-order valence-electron chi connectivity index (χ2n) is 7.02. The van der Waals surface area contributed by atoms with Crippen LogP contribution in [0.4, 0.5) is 10.1 Å². The minimum absolute atomic E-state index is 0.292. The fraction of sp³-hybridized carbons (Fsp3) is 0.227. The summed E-state index contributed by atoms with van der Waals surface area (Å²) in [4.78, 5) is 3.64. The smallest absolute Gasteiger partial charge is 0.197 e. The molecule has 4 aromatic rings. The predicted octanol–water partition coefficient (Wildman–Crippen LogP) is 5.58. The molecule has 0 unspecified atom stereocenters. The van der Waals surface area contributed by atoms with E-state index in [4.69, 9.17) is 6.57 Å². The van der Waals surface area contributed by atoms with Gasteiger partial charge in [-0.1, -0.05) is 25.5 Å². The summed E-state index contributed by atoms with van der Waals surface area (Å²) in [6.45, 7) is 11.6. The Bertz CT molecular complexity index is 1200. The highest BCUT2D eigenvalue weighted by molar-refractivity contribution is 6.00. The van der Waals surface area contributed by atoms with Gasteiger partial charge >= 0.3 is 0 Å². The van der Waals surface area contributed by atoms with Crippen LogP contribution in [0, 0.1) is 19.3 Å². The summed E-state index contributed by atoms with van der Waals surface area (Å²) in [6.07, 6.45) is 5.41. The van der Waals surface area contributed by atoms with Gasteiger partial charge in [0, 0.05) is 29.8 Å². The molecular formula is C22H20FN5. The standard InChI is InChI=1S/C22H20FN5/c1-5-6-14-7-13(2)21(18(23)8-14)16-9-17-20(10-19(16)24-3)26-27-22(17)15-11-25-28(4)12-15/h7-12H,5-6H2,1-2,4H3,(H,26,27). The number of fused-ring (bicyclic) bond motifs is 1. The first-order valence-electron chi connectivity index (χ1n) is 9.19. The number of aromatic amines is 1. The van der Waals surface area contributed by atoms with Gasteiger partial charge in [0.15, 0.2) is 5.69 Å². The van der Waals surface area contributed by atoms with Crippen LogP contribution in [-0.4, -0.2) is 20.0 Å². The van der Waals surface area contributed by atoms with E-state index < -0.39 is 0 Å². The number of halogens is 1. The third-order valence-electron chi connectivity index (χ3n) is 4.93. The average molecular weight is 373 g/mol. The molecule has 0 atom stereocenters. The Labute approximate surface area is 162 Å². The van der Waals surface area contributed by atoms with Crippen LogP contribution < -0.4 is 0 Å². The van der Waals surface area contributed by atoms with Crippen LogP contribution in [-0.2, 0) is 13.5 Å². The molecule has 0 aliphatic carbocycles. The van der Waals surface area contributed by atoms with E-state index in [1.54, 1.807) is 23.0 Å². The largest absolute Gasteiger partial charge is 0.278 e. The second kappa shape index (κ2) is 6.93. The summed E-state index contributed by atoms with van der Waals surface area (Å²) in [5.41, 5.74) is 5.63. The van der Waals surface area contributed by atoms with Crippen molar-refractivity contribution >= 4 is 16.6 Å². The number of nitrogens with one attached hydrogen (secondary N) is 1. The fourth-order valence-electron chi connectivity index (χ4n) is 3.70. The van der Waals surface area contributed by atoms with E-state index in [0.717, 1.165) is 46.1 Å². The molecule has 0 radical (unpaired) electrons. The summed E-state index contributed by atoms with van der Waals surface area (Å²) >= 11 is 0. The minimum atomic E-state index is -0.292. The maximum Gasteiger partial charge on any atom is 0.197 e. The first kappa shape index (κ1) is 17.9. The van der Waals surface area contributed by atoms with Gasteiger partial charge in [-0.2, -0.15) is 10.2 Å². The number of hydrogen-bond acceptors (Lipinski definition) is 2. The molecule has 1 N–H and O–H groups in total. The lowest BCUT2D eigenvalue weighted by Gasteiger charge is -2.12. The number of aryl methyl sites for hydroxylation is 3. The Morgan fingerprint density at radius 2 is 2.07 bits per heavy atom. The molecule has 0 aliphatic rings. The zero-order valence-electron chi connectivity index (χ0n) is 16.0. The molecule has 0 amide bonds. The highest BCUT2D eigenvalue weighted by atomic mass is 19.1. The second-order valence-corrected chi connectivity index (χ2v) is 7.02. The van der Waals surface area contributed by atoms with Crippen molar-refractivity contribution in [3.8, 4) is 22.4 Å². The van der Waals surface area contributed by atoms with E-state index in [0.29, 0.717) is 16.8 Å². The molecule has 0 aliphatic heterocycles. The lowest BCUT2D eigenvalue weighted by molar-refractivity contribution is 0.627. The number of nitrogens with zero attached hydrogens (tertiary/aromatic N) is 4. The van der Waals surface area contributed by atoms with Gasteiger partial charge in [-0.25, -0.2) is 9.24 Å². The van der Waals surface area contributed by atoms with Crippen molar-refractivity contribution in [2.24, 2.45) is 7.05 Å². The molecule has 6 heteroatoms. The fourth-order valence-corrected chi connectivity index (χ4v) is 3.70. The van der Waals surface area contributed by atoms with Crippen molar-refractivity contribution in [2.45, 2.75) is 26.7 Å². The normalized spacial score (nSPS) is 11.1. The van der Waals surface area contributed by atoms with Crippen molar-refractivity contribution in [1.29, 1.82) is 0 Å². The third kappa shape index (κ3) is 2.95. The molecule has 4 rings (SSSR count). The van der Waals surface area contributed by atoms with E-state index in [2.05, 4.69) is 27.1 Å². The van der Waals surface area contributed by atoms with Gasteiger partial charge in [0.25, 0.3) is 0 Å². The summed E-state index contributed by atoms with van der Waals surface area (Å²) in [5.74, 6) is -0.292. The molecule has 2 aromatic carbocycles. The average Bonchev–Trinajstić information content (AvgIpc) is 3.26. The van der Waals surface area contributed by atoms with Gasteiger partial charge in [0.2, 0.25) is 0 Å². The highest BCUT2D eigenvalue weighted by Crippen LogP contribution is 2.40. The minimum Gasteiger partial charge on any atom is -0.278 e. The number of H-pyrrole nitrogens is 1. The molecule has 0 bridgehead atoms. The summed E-state index contributed by atoms with van der Waals surface area (Å²) in [6, 6.07) is 7.20. The van der Waals surface area contributed by atoms with Gasteiger partial charge < -0.3 is 0 Å². The Hall–Kier alpha value is -3.46. The van der Waals surface area contributed by atoms with Crippen LogP contribution >= 0.6 is 0 Å². The quantitative estimate of drug-likeness (QED) is 0.475. The summed E-state index contributed by atoms with van der Waals surface area (Å²) < 4.78 is 16.8. The van der Waals surface area contributed by atoms with Crippen LogP contribution in [0.25, 0.3) is 38.1 Å². The molecule has 2 heterocycles. The van der Waals surface area contributed by atoms with Gasteiger partial charge in [-0.3, -0.25) is 9.78 Å². The SMILES string of the molecule is [C-]#[N+]c1cc2[nH]nc(-c3cnn(C)c3)c2cc1-c1c(C)cc(CCC)cc1F. The topological polar surface area (TPSA) is 50.9 Å². The van der Waals surface area contributed by atoms with Gasteiger partial charge in [-0.15, -0.1) is 0 Å². The van der Waals surface area contributed by atoms with Crippen LogP contribution in [0.3, 0.4) is 0 Å². The van der Waals surface area contributed by atoms with Gasteiger partial charge in [0.05, 0.1) is 18.3 Å². The molecule has 28 heavy (non-hydrogen) atoms. The van der Waals surface area contributed by atoms with E-state index in [1.165, 1.54) is 0 Å². The van der Waals surface area contributed by atoms with Crippen molar-refractivity contribution in [3.05, 3.63) is 65.0 Å². The lowest BCUT2D eigenvalue weighted by atomic mass is 9.93. The molecule has 0 spiro atoms. The van der Waals surface area contributed by atoms with Gasteiger partial charge in [-0.05, 0) is 42.2 Å². The third-order valence-corrected chi connectivity index (χ3v) is 4.93. The highest BCUT2D eigenvalue weighted by Gasteiger charge is 2.18. The molecule has 0 fully saturated rings. The summed E-state index contributed by atoms with van der Waals surface area (Å²) in [5, 5.41) is 12.4. The van der Waals surface area contributed by atoms with E-state index in [9.17, 15) is 0 Å². The van der Waals surface area contributed by atoms with Crippen LogP contribution in [0.2, 0.25) is 0 Å². The first-order valence-corrected chi connectivity index (χ1v) is 9.19. The van der Waals surface area contributed by atoms with Crippen LogP contribution in [0.15, 0.2) is 36.7 Å². The molecule has 0 saturated heterocycles. The predicted molar refractivity (Wildman–Crippen MR) is 109 cm³/mol. The lowest BCUT2D eigenvalue weighted by Crippen LogP contribution is -1.94. The van der Waals surface area contributed by atoms with Crippen LogP contribution in [0.5, 0.6) is 0 Å². The van der Waals surface area contributed by atoms with Crippen molar-refractivity contribution in [2.75, 3.05) is 0 Å². The van der Waals surface area contributed by atoms with Crippen molar-refractivity contribution < 1.29 is 4.39 Å². The molecule has 0 saturated carbocycles. The number of rotatable bonds is 4. The van der Waals surface area contributed by atoms with Crippen molar-refractivity contribution in [3.63, 3.8) is 0 Å². The van der Waals surface area contributed by atoms with E-state index in [1.807, 2.05) is 32.3 Å². The monoisotopic (exact) mass is 373 g/mol. The maximum absolute atomic E-state index is 15.0. The molecule has 2 aromatic heterocycles. The number of aromatic nitrogens is 4. The number of benzene rings is 2. The van der Waals surface area contributed by atoms with Gasteiger partial charge in [0.1, 0.15) is 11.5 Å². The molecular weight excluding hydrogens is 353 g/mol. The van der Waals surface area contributed by atoms with Crippen molar-refractivity contribution in [1.82, 2.24) is 20.0 Å². The molecule has 5 nitrogen and oxygen atoms in total. The first-order chi connectivity index (χ1) is 13.5. The van der Waals surface area contributed by atoms with E-state index in [-0.39, 0.29) is 5.82 Å². The zero-order chi connectivity index (χ0) is 19.8. The Kier molecular flexibility index (Phi) is 4.44. The molecule has 140 valence electrons. The van der Waals surface area contributed by atoms with Crippen LogP contribution in [0.1, 0.15) is 24.5 Å². The Morgan fingerprint density at radius 3 is 2.71 bits per heavy atom.